The van der Waals surface area contributed by atoms with Crippen molar-refractivity contribution < 1.29 is 29.1 Å². The molecule has 0 saturated carbocycles. The van der Waals surface area contributed by atoms with Crippen LogP contribution in [0.5, 0.6) is 17.2 Å². The van der Waals surface area contributed by atoms with Gasteiger partial charge in [-0.3, -0.25) is 0 Å². The Morgan fingerprint density at radius 2 is 1.95 bits per heavy atom. The standard InChI is InChI=1S/C15H22N2O4/c1-16-4-6-17(7-5-16)9-12(18)10-19-13-2-3-14-15(8-13)21-11-20-14/h2-3,8,12,18H,4-7,9-11H2,1H3/p+2/t12-/m0/s1. The molecule has 0 aliphatic carbocycles. The Balaban J connectivity index is 1.44. The van der Waals surface area contributed by atoms with Crippen LogP contribution in [0.1, 0.15) is 0 Å². The number of quaternary nitrogens is 2. The molecule has 6 nitrogen and oxygen atoms in total. The van der Waals surface area contributed by atoms with Crippen molar-refractivity contribution in [3.8, 4) is 17.2 Å². The molecule has 3 rings (SSSR count). The number of aliphatic hydroxyl groups excluding tert-OH is 1. The highest BCUT2D eigenvalue weighted by Crippen LogP contribution is 2.35. The van der Waals surface area contributed by atoms with Gasteiger partial charge < -0.3 is 29.1 Å². The summed E-state index contributed by atoms with van der Waals surface area (Å²) in [5, 5.41) is 10.1. The molecule has 0 bridgehead atoms. The highest BCUT2D eigenvalue weighted by molar-refractivity contribution is 5.46. The van der Waals surface area contributed by atoms with Gasteiger partial charge in [0.2, 0.25) is 6.79 Å². The number of likely N-dealkylation sites (N-methyl/N-ethyl adjacent to an activating group) is 1. The molecular weight excluding hydrogens is 272 g/mol. The summed E-state index contributed by atoms with van der Waals surface area (Å²) < 4.78 is 16.2. The monoisotopic (exact) mass is 296 g/mol. The van der Waals surface area contributed by atoms with Gasteiger partial charge in [0.1, 0.15) is 51.2 Å². The maximum Gasteiger partial charge on any atom is 0.231 e. The lowest BCUT2D eigenvalue weighted by molar-refractivity contribution is -1.00. The molecule has 1 fully saturated rings. The van der Waals surface area contributed by atoms with Crippen LogP contribution in [0.4, 0.5) is 0 Å². The summed E-state index contributed by atoms with van der Waals surface area (Å²) in [5.41, 5.74) is 0. The van der Waals surface area contributed by atoms with Crippen molar-refractivity contribution >= 4 is 0 Å². The molecule has 2 aliphatic rings. The second-order valence-electron chi connectivity index (χ2n) is 5.89. The molecule has 0 spiro atoms. The molecule has 2 aliphatic heterocycles. The van der Waals surface area contributed by atoms with Crippen molar-refractivity contribution in [2.24, 2.45) is 0 Å². The Labute approximate surface area is 124 Å². The fourth-order valence-electron chi connectivity index (χ4n) is 2.79. The van der Waals surface area contributed by atoms with Gasteiger partial charge in [0, 0.05) is 6.07 Å². The molecule has 0 radical (unpaired) electrons. The molecule has 0 unspecified atom stereocenters. The number of fused-ring (bicyclic) bond motifs is 1. The smallest absolute Gasteiger partial charge is 0.231 e. The average Bonchev–Trinajstić information content (AvgIpc) is 2.95. The molecule has 1 aromatic carbocycles. The number of benzene rings is 1. The summed E-state index contributed by atoms with van der Waals surface area (Å²) >= 11 is 0. The fraction of sp³-hybridized carbons (Fsp3) is 0.600. The maximum absolute atomic E-state index is 10.1. The topological polar surface area (TPSA) is 56.8 Å². The summed E-state index contributed by atoms with van der Waals surface area (Å²) in [6, 6.07) is 5.48. The molecular formula is C15H24N2O4+2. The van der Waals surface area contributed by atoms with Gasteiger partial charge in [-0.05, 0) is 12.1 Å². The number of piperazine rings is 1. The highest BCUT2D eigenvalue weighted by Gasteiger charge is 2.23. The largest absolute Gasteiger partial charge is 0.491 e. The van der Waals surface area contributed by atoms with Crippen molar-refractivity contribution in [1.82, 2.24) is 0 Å². The van der Waals surface area contributed by atoms with Crippen LogP contribution in [0.2, 0.25) is 0 Å². The minimum Gasteiger partial charge on any atom is -0.491 e. The molecule has 3 N–H and O–H groups in total. The van der Waals surface area contributed by atoms with Crippen molar-refractivity contribution in [3.63, 3.8) is 0 Å². The molecule has 2 heterocycles. The molecule has 21 heavy (non-hydrogen) atoms. The zero-order valence-electron chi connectivity index (χ0n) is 12.4. The first-order valence-electron chi connectivity index (χ1n) is 7.56. The highest BCUT2D eigenvalue weighted by atomic mass is 16.7. The van der Waals surface area contributed by atoms with Crippen LogP contribution in [-0.4, -0.2) is 64.4 Å². The second-order valence-corrected chi connectivity index (χ2v) is 5.89. The van der Waals surface area contributed by atoms with Gasteiger partial charge in [-0.1, -0.05) is 0 Å². The maximum atomic E-state index is 10.1. The van der Waals surface area contributed by atoms with Gasteiger partial charge in [0.05, 0.1) is 7.05 Å². The van der Waals surface area contributed by atoms with E-state index in [1.807, 2.05) is 12.1 Å². The van der Waals surface area contributed by atoms with Crippen LogP contribution in [0.15, 0.2) is 18.2 Å². The van der Waals surface area contributed by atoms with Gasteiger partial charge in [0.25, 0.3) is 0 Å². The van der Waals surface area contributed by atoms with Crippen molar-refractivity contribution in [1.29, 1.82) is 0 Å². The number of ether oxygens (including phenoxy) is 3. The lowest BCUT2D eigenvalue weighted by Crippen LogP contribution is -3.27. The summed E-state index contributed by atoms with van der Waals surface area (Å²) in [4.78, 5) is 3.03. The molecule has 1 saturated heterocycles. The van der Waals surface area contributed by atoms with E-state index >= 15 is 0 Å². The summed E-state index contributed by atoms with van der Waals surface area (Å²) in [7, 11) is 2.22. The van der Waals surface area contributed by atoms with Crippen molar-refractivity contribution in [3.05, 3.63) is 18.2 Å². The third-order valence-corrected chi connectivity index (χ3v) is 4.12. The van der Waals surface area contributed by atoms with Crippen LogP contribution in [0.3, 0.4) is 0 Å². The Kier molecular flexibility index (Phi) is 4.48. The summed E-state index contributed by atoms with van der Waals surface area (Å²) in [6.07, 6.45) is -0.441. The minimum absolute atomic E-state index is 0.260. The van der Waals surface area contributed by atoms with E-state index in [1.165, 1.54) is 18.0 Å². The lowest BCUT2D eigenvalue weighted by Gasteiger charge is -2.28. The Bertz CT molecular complexity index is 475. The van der Waals surface area contributed by atoms with E-state index in [0.717, 1.165) is 25.4 Å². The van der Waals surface area contributed by atoms with E-state index in [-0.39, 0.29) is 6.79 Å². The van der Waals surface area contributed by atoms with Crippen molar-refractivity contribution in [2.45, 2.75) is 6.10 Å². The van der Waals surface area contributed by atoms with Crippen LogP contribution >= 0.6 is 0 Å². The number of rotatable bonds is 5. The van der Waals surface area contributed by atoms with Crippen LogP contribution in [-0.2, 0) is 0 Å². The number of nitrogens with one attached hydrogen (secondary N) is 2. The minimum atomic E-state index is -0.441. The van der Waals surface area contributed by atoms with Gasteiger partial charge >= 0.3 is 0 Å². The third-order valence-electron chi connectivity index (χ3n) is 4.12. The van der Waals surface area contributed by atoms with E-state index < -0.39 is 6.10 Å². The summed E-state index contributed by atoms with van der Waals surface area (Å²) in [5.74, 6) is 2.15. The first-order valence-corrected chi connectivity index (χ1v) is 7.56. The third kappa shape index (κ3) is 3.78. The predicted molar refractivity (Wildman–Crippen MR) is 76.3 cm³/mol. The number of hydrogen-bond donors (Lipinski definition) is 3. The number of hydrogen-bond acceptors (Lipinski definition) is 4. The quantitative estimate of drug-likeness (QED) is 0.565. The lowest BCUT2D eigenvalue weighted by atomic mass is 10.2. The van der Waals surface area contributed by atoms with E-state index in [2.05, 4.69) is 7.05 Å². The van der Waals surface area contributed by atoms with Gasteiger partial charge in [-0.25, -0.2) is 0 Å². The van der Waals surface area contributed by atoms with Gasteiger partial charge in [-0.2, -0.15) is 0 Å². The van der Waals surface area contributed by atoms with Crippen molar-refractivity contribution in [2.75, 3.05) is 53.2 Å². The van der Waals surface area contributed by atoms with Crippen LogP contribution < -0.4 is 24.0 Å². The molecule has 1 aromatic rings. The zero-order chi connectivity index (χ0) is 14.7. The molecule has 1 atom stereocenters. The number of aliphatic hydroxyl groups is 1. The first-order chi connectivity index (χ1) is 10.2. The average molecular weight is 296 g/mol. The SMILES string of the molecule is C[NH+]1CC[NH+](C[C@H](O)COc2ccc3c(c2)OCO3)CC1. The van der Waals surface area contributed by atoms with Crippen LogP contribution in [0, 0.1) is 0 Å². The van der Waals surface area contributed by atoms with E-state index in [4.69, 9.17) is 14.2 Å². The fourth-order valence-corrected chi connectivity index (χ4v) is 2.79. The van der Waals surface area contributed by atoms with E-state index in [1.54, 1.807) is 11.0 Å². The van der Waals surface area contributed by atoms with Gasteiger partial charge in [0.15, 0.2) is 11.5 Å². The summed E-state index contributed by atoms with van der Waals surface area (Å²) in [6.45, 7) is 5.90. The molecule has 6 heteroatoms. The first kappa shape index (κ1) is 14.4. The Morgan fingerprint density at radius 3 is 2.76 bits per heavy atom. The van der Waals surface area contributed by atoms with Crippen LogP contribution in [0.25, 0.3) is 0 Å². The van der Waals surface area contributed by atoms with Gasteiger partial charge in [-0.15, -0.1) is 0 Å². The Morgan fingerprint density at radius 1 is 1.19 bits per heavy atom. The zero-order valence-corrected chi connectivity index (χ0v) is 12.4. The molecule has 0 aromatic heterocycles. The normalized spacial score (nSPS) is 25.6. The van der Waals surface area contributed by atoms with E-state index in [9.17, 15) is 5.11 Å². The predicted octanol–water partition coefficient (Wildman–Crippen LogP) is -2.43. The second kappa shape index (κ2) is 6.51. The van der Waals surface area contributed by atoms with E-state index in [0.29, 0.717) is 18.1 Å². The molecule has 0 amide bonds. The molecule has 116 valence electrons. The Hall–Kier alpha value is -1.50.